The summed E-state index contributed by atoms with van der Waals surface area (Å²) in [7, 11) is 0. The second-order valence-electron chi connectivity index (χ2n) is 7.88. The Balaban J connectivity index is 1.58. The number of alkyl halides is 3. The highest BCUT2D eigenvalue weighted by molar-refractivity contribution is 7.99. The number of amides is 1. The molecule has 1 heterocycles. The molecule has 0 saturated carbocycles. The summed E-state index contributed by atoms with van der Waals surface area (Å²) in [5, 5.41) is 26.0. The molecule has 0 atom stereocenters. The molecule has 0 fully saturated rings. The third-order valence-electron chi connectivity index (χ3n) is 5.15. The highest BCUT2D eigenvalue weighted by Gasteiger charge is 2.34. The molecule has 15 heteroatoms. The molecule has 3 aromatic carbocycles. The molecule has 1 aromatic heterocycles. The van der Waals surface area contributed by atoms with Gasteiger partial charge in [0, 0.05) is 34.9 Å². The van der Waals surface area contributed by atoms with Crippen LogP contribution < -0.4 is 5.43 Å². The van der Waals surface area contributed by atoms with Gasteiger partial charge in [0.1, 0.15) is 5.69 Å². The molecule has 202 valence electrons. The molecule has 40 heavy (non-hydrogen) atoms. The fraction of sp³-hybridized carbons (Fsp3) is 0.0400. The van der Waals surface area contributed by atoms with Crippen LogP contribution in [0, 0.1) is 20.2 Å². The Kier molecular flexibility index (Phi) is 8.14. The number of nitrogens with one attached hydrogen (secondary N) is 1. The Labute approximate surface area is 227 Å². The number of non-ortho nitro benzene ring substituents is 1. The molecule has 4 rings (SSSR count). The van der Waals surface area contributed by atoms with Gasteiger partial charge >= 0.3 is 6.18 Å². The van der Waals surface area contributed by atoms with E-state index in [2.05, 4.69) is 20.5 Å². The summed E-state index contributed by atoms with van der Waals surface area (Å²) in [6, 6.07) is 17.6. The summed E-state index contributed by atoms with van der Waals surface area (Å²) in [6.07, 6.45) is -3.67. The van der Waals surface area contributed by atoms with Crippen molar-refractivity contribution in [3.05, 3.63) is 116 Å². The van der Waals surface area contributed by atoms with Crippen LogP contribution in [-0.2, 0) is 6.18 Å². The minimum atomic E-state index is -4.77. The number of rotatable bonds is 8. The summed E-state index contributed by atoms with van der Waals surface area (Å²) in [5.41, 5.74) is 0.780. The molecule has 0 bridgehead atoms. The SMILES string of the molecule is O=C(N/N=C/c1ccc(Sc2nc(-c3ccccc3)cc(C(F)(F)F)n2)c([N+](=O)[O-])c1)c1cccc([N+](=O)[O-])c1. The monoisotopic (exact) mass is 568 g/mol. The van der Waals surface area contributed by atoms with Crippen molar-refractivity contribution in [1.82, 2.24) is 15.4 Å². The van der Waals surface area contributed by atoms with E-state index in [4.69, 9.17) is 0 Å². The van der Waals surface area contributed by atoms with Crippen molar-refractivity contribution in [1.29, 1.82) is 0 Å². The topological polar surface area (TPSA) is 154 Å². The molecular formula is C25H15F3N6O5S. The van der Waals surface area contributed by atoms with E-state index in [1.807, 2.05) is 0 Å². The van der Waals surface area contributed by atoms with Gasteiger partial charge < -0.3 is 0 Å². The molecule has 0 aliphatic carbocycles. The molecule has 4 aromatic rings. The summed E-state index contributed by atoms with van der Waals surface area (Å²) in [6.45, 7) is 0. The normalized spacial score (nSPS) is 11.4. The number of hydrogen-bond acceptors (Lipinski definition) is 9. The molecule has 0 saturated heterocycles. The van der Waals surface area contributed by atoms with Crippen LogP contribution in [0.1, 0.15) is 21.6 Å². The van der Waals surface area contributed by atoms with Crippen LogP contribution in [0.25, 0.3) is 11.3 Å². The van der Waals surface area contributed by atoms with Crippen molar-refractivity contribution < 1.29 is 27.8 Å². The van der Waals surface area contributed by atoms with Gasteiger partial charge in [-0.15, -0.1) is 0 Å². The zero-order chi connectivity index (χ0) is 28.9. The third kappa shape index (κ3) is 6.82. The molecule has 1 amide bonds. The number of hydrogen-bond donors (Lipinski definition) is 1. The second-order valence-corrected chi connectivity index (χ2v) is 8.89. The molecule has 0 spiro atoms. The van der Waals surface area contributed by atoms with E-state index in [-0.39, 0.29) is 32.6 Å². The van der Waals surface area contributed by atoms with Gasteiger partial charge in [0.25, 0.3) is 17.3 Å². The van der Waals surface area contributed by atoms with Gasteiger partial charge in [0.05, 0.1) is 26.7 Å². The molecule has 0 aliphatic heterocycles. The molecule has 0 radical (unpaired) electrons. The van der Waals surface area contributed by atoms with Crippen LogP contribution in [0.3, 0.4) is 0 Å². The molecule has 0 unspecified atom stereocenters. The lowest BCUT2D eigenvalue weighted by Crippen LogP contribution is -2.17. The Morgan fingerprint density at radius 2 is 1.68 bits per heavy atom. The van der Waals surface area contributed by atoms with Crippen LogP contribution in [0.15, 0.2) is 94.0 Å². The van der Waals surface area contributed by atoms with E-state index in [0.29, 0.717) is 17.3 Å². The summed E-state index contributed by atoms with van der Waals surface area (Å²) < 4.78 is 40.6. The fourth-order valence-electron chi connectivity index (χ4n) is 3.31. The average Bonchev–Trinajstić information content (AvgIpc) is 2.93. The lowest BCUT2D eigenvalue weighted by atomic mass is 10.1. The lowest BCUT2D eigenvalue weighted by Gasteiger charge is -2.11. The van der Waals surface area contributed by atoms with Crippen LogP contribution in [0.5, 0.6) is 0 Å². The number of halogens is 3. The van der Waals surface area contributed by atoms with E-state index in [9.17, 15) is 38.2 Å². The lowest BCUT2D eigenvalue weighted by molar-refractivity contribution is -0.387. The van der Waals surface area contributed by atoms with E-state index in [1.165, 1.54) is 30.3 Å². The number of nitrogens with zero attached hydrogens (tertiary/aromatic N) is 5. The van der Waals surface area contributed by atoms with Gasteiger partial charge in [-0.25, -0.2) is 15.4 Å². The first-order chi connectivity index (χ1) is 19.0. The van der Waals surface area contributed by atoms with Gasteiger partial charge in [-0.1, -0.05) is 42.5 Å². The minimum absolute atomic E-state index is 0.00341. The zero-order valence-electron chi connectivity index (χ0n) is 19.9. The Hall–Kier alpha value is -5.18. The number of carbonyl (C=O) groups excluding carboxylic acids is 1. The predicted octanol–water partition coefficient (Wildman–Crippen LogP) is 5.89. The summed E-state index contributed by atoms with van der Waals surface area (Å²) in [5.74, 6) is -0.752. The molecule has 1 N–H and O–H groups in total. The maximum Gasteiger partial charge on any atom is 0.433 e. The van der Waals surface area contributed by atoms with Crippen LogP contribution in [0.4, 0.5) is 24.5 Å². The average molecular weight is 568 g/mol. The quantitative estimate of drug-likeness (QED) is 0.119. The summed E-state index contributed by atoms with van der Waals surface area (Å²) >= 11 is 0.587. The standard InChI is InChI=1S/C25H15F3N6O5S/c26-25(27,28)22-13-19(16-5-2-1-3-6-16)30-24(31-22)40-21-10-9-15(11-20(21)34(38)39)14-29-32-23(35)17-7-4-8-18(12-17)33(36)37/h1-14H,(H,32,35)/b29-14+. The number of nitro benzene ring substituents is 2. The van der Waals surface area contributed by atoms with Gasteiger partial charge in [-0.3, -0.25) is 25.0 Å². The number of hydrazone groups is 1. The Bertz CT molecular complexity index is 1630. The first kappa shape index (κ1) is 27.8. The Morgan fingerprint density at radius 1 is 0.925 bits per heavy atom. The van der Waals surface area contributed by atoms with Crippen LogP contribution >= 0.6 is 11.8 Å². The van der Waals surface area contributed by atoms with Crippen LogP contribution in [0.2, 0.25) is 0 Å². The molecule has 0 aliphatic rings. The van der Waals surface area contributed by atoms with E-state index >= 15 is 0 Å². The number of aromatic nitrogens is 2. The number of benzene rings is 3. The van der Waals surface area contributed by atoms with E-state index < -0.39 is 33.3 Å². The van der Waals surface area contributed by atoms with Crippen molar-refractivity contribution in [3.63, 3.8) is 0 Å². The first-order valence-electron chi connectivity index (χ1n) is 11.1. The second kappa shape index (κ2) is 11.7. The number of nitro groups is 2. The van der Waals surface area contributed by atoms with Gasteiger partial charge in [-0.2, -0.15) is 18.3 Å². The van der Waals surface area contributed by atoms with Gasteiger partial charge in [0.2, 0.25) is 0 Å². The van der Waals surface area contributed by atoms with Crippen molar-refractivity contribution in [2.24, 2.45) is 5.10 Å². The summed E-state index contributed by atoms with van der Waals surface area (Å²) in [4.78, 5) is 41.1. The minimum Gasteiger partial charge on any atom is -0.267 e. The number of carbonyl (C=O) groups is 1. The maximum atomic E-state index is 13.5. The fourth-order valence-corrected chi connectivity index (χ4v) is 4.16. The zero-order valence-corrected chi connectivity index (χ0v) is 20.7. The van der Waals surface area contributed by atoms with Crippen molar-refractivity contribution in [2.45, 2.75) is 16.2 Å². The van der Waals surface area contributed by atoms with Crippen molar-refractivity contribution >= 4 is 35.3 Å². The first-order valence-corrected chi connectivity index (χ1v) is 11.9. The highest BCUT2D eigenvalue weighted by atomic mass is 32.2. The third-order valence-corrected chi connectivity index (χ3v) is 6.08. The molecule has 11 nitrogen and oxygen atoms in total. The predicted molar refractivity (Wildman–Crippen MR) is 138 cm³/mol. The smallest absolute Gasteiger partial charge is 0.267 e. The maximum absolute atomic E-state index is 13.5. The Morgan fingerprint density at radius 3 is 2.35 bits per heavy atom. The van der Waals surface area contributed by atoms with Gasteiger partial charge in [-0.05, 0) is 30.0 Å². The molecular weight excluding hydrogens is 553 g/mol. The largest absolute Gasteiger partial charge is 0.433 e. The van der Waals surface area contributed by atoms with Crippen molar-refractivity contribution in [2.75, 3.05) is 0 Å². The van der Waals surface area contributed by atoms with Gasteiger partial charge in [0.15, 0.2) is 5.16 Å². The van der Waals surface area contributed by atoms with E-state index in [1.54, 1.807) is 30.3 Å². The van der Waals surface area contributed by atoms with Crippen LogP contribution in [-0.4, -0.2) is 31.9 Å². The van der Waals surface area contributed by atoms with Crippen molar-refractivity contribution in [3.8, 4) is 11.3 Å². The highest BCUT2D eigenvalue weighted by Crippen LogP contribution is 2.37. The van der Waals surface area contributed by atoms with E-state index in [0.717, 1.165) is 24.4 Å².